The summed E-state index contributed by atoms with van der Waals surface area (Å²) in [6.07, 6.45) is 4.97. The van der Waals surface area contributed by atoms with Crippen LogP contribution in [0.2, 0.25) is 0 Å². The number of ether oxygens (including phenoxy) is 3. The van der Waals surface area contributed by atoms with Gasteiger partial charge in [0.15, 0.2) is 24.7 Å². The van der Waals surface area contributed by atoms with Crippen LogP contribution in [0.1, 0.15) is 0 Å². The van der Waals surface area contributed by atoms with Gasteiger partial charge in [-0.1, -0.05) is 18.1 Å². The van der Waals surface area contributed by atoms with Crippen LogP contribution in [-0.4, -0.2) is 38.7 Å². The van der Waals surface area contributed by atoms with Crippen molar-refractivity contribution < 1.29 is 23.8 Å². The Labute approximate surface area is 117 Å². The van der Waals surface area contributed by atoms with Gasteiger partial charge < -0.3 is 19.5 Å². The molecule has 0 atom stereocenters. The van der Waals surface area contributed by atoms with Crippen molar-refractivity contribution in [1.29, 1.82) is 0 Å². The highest BCUT2D eigenvalue weighted by Gasteiger charge is 2.09. The number of para-hydroxylation sites is 2. The first-order valence-corrected chi connectivity index (χ1v) is 5.79. The summed E-state index contributed by atoms with van der Waals surface area (Å²) >= 11 is 0. The van der Waals surface area contributed by atoms with E-state index >= 15 is 0 Å². The Hall–Kier alpha value is -2.68. The zero-order valence-corrected chi connectivity index (χ0v) is 11.0. The van der Waals surface area contributed by atoms with Crippen LogP contribution in [0, 0.1) is 12.3 Å². The molecule has 0 fully saturated rings. The molecule has 0 unspecified atom stereocenters. The number of carbonyl (C=O) groups excluding carboxylic acids is 2. The quantitative estimate of drug-likeness (QED) is 0.575. The van der Waals surface area contributed by atoms with Crippen molar-refractivity contribution in [3.8, 4) is 23.8 Å². The monoisotopic (exact) mass is 277 g/mol. The molecule has 0 aliphatic heterocycles. The molecule has 0 aromatic heterocycles. The summed E-state index contributed by atoms with van der Waals surface area (Å²) in [5.74, 6) is 2.04. The second kappa shape index (κ2) is 8.43. The van der Waals surface area contributed by atoms with Gasteiger partial charge in [0.2, 0.25) is 0 Å². The third-order valence-electron chi connectivity index (χ3n) is 2.17. The Morgan fingerprint density at radius 3 is 2.60 bits per heavy atom. The first kappa shape index (κ1) is 15.4. The predicted octanol–water partition coefficient (Wildman–Crippen LogP) is 0.367. The molecule has 106 valence electrons. The van der Waals surface area contributed by atoms with E-state index in [1.165, 1.54) is 7.11 Å². The fourth-order valence-corrected chi connectivity index (χ4v) is 1.26. The minimum absolute atomic E-state index is 0.0914. The summed E-state index contributed by atoms with van der Waals surface area (Å²) < 4.78 is 15.0. The molecule has 0 saturated carbocycles. The molecule has 1 N–H and O–H groups in total. The highest BCUT2D eigenvalue weighted by atomic mass is 16.6. The Kier molecular flexibility index (Phi) is 6.48. The Balaban J connectivity index is 2.33. The molecular formula is C14H15NO5. The van der Waals surface area contributed by atoms with Crippen molar-refractivity contribution in [2.75, 3.05) is 26.9 Å². The van der Waals surface area contributed by atoms with Crippen LogP contribution in [0.5, 0.6) is 11.5 Å². The average Bonchev–Trinajstić information content (AvgIpc) is 2.48. The van der Waals surface area contributed by atoms with Gasteiger partial charge in [0, 0.05) is 0 Å². The van der Waals surface area contributed by atoms with E-state index in [0.29, 0.717) is 11.5 Å². The van der Waals surface area contributed by atoms with Gasteiger partial charge in [-0.2, -0.15) is 0 Å². The minimum atomic E-state index is -0.660. The first-order chi connectivity index (χ1) is 9.67. The van der Waals surface area contributed by atoms with Crippen LogP contribution in [0.25, 0.3) is 0 Å². The molecular weight excluding hydrogens is 262 g/mol. The normalized spacial score (nSPS) is 9.20. The fourth-order valence-electron chi connectivity index (χ4n) is 1.26. The molecule has 0 aliphatic rings. The molecule has 1 rings (SSSR count). The third kappa shape index (κ3) is 5.31. The Morgan fingerprint density at radius 2 is 1.95 bits per heavy atom. The molecule has 0 aliphatic carbocycles. The second-order valence-electron chi connectivity index (χ2n) is 3.58. The van der Waals surface area contributed by atoms with Crippen LogP contribution < -0.4 is 14.8 Å². The lowest BCUT2D eigenvalue weighted by Gasteiger charge is -2.09. The lowest BCUT2D eigenvalue weighted by molar-refractivity contribution is -0.150. The molecule has 6 nitrogen and oxygen atoms in total. The fraction of sp³-hybridized carbons (Fsp3) is 0.286. The van der Waals surface area contributed by atoms with Crippen molar-refractivity contribution >= 4 is 11.9 Å². The Bertz CT molecular complexity index is 507. The number of rotatable bonds is 7. The lowest BCUT2D eigenvalue weighted by Crippen LogP contribution is -2.30. The molecule has 1 aromatic carbocycles. The molecule has 0 spiro atoms. The van der Waals surface area contributed by atoms with Crippen molar-refractivity contribution in [3.63, 3.8) is 0 Å². The van der Waals surface area contributed by atoms with E-state index in [2.05, 4.69) is 11.2 Å². The SMILES string of the molecule is C#CCNC(=O)COC(=O)COc1ccccc1OC. The summed E-state index contributed by atoms with van der Waals surface area (Å²) in [6, 6.07) is 6.88. The minimum Gasteiger partial charge on any atom is -0.493 e. The van der Waals surface area contributed by atoms with Crippen molar-refractivity contribution in [1.82, 2.24) is 5.32 Å². The van der Waals surface area contributed by atoms with E-state index in [-0.39, 0.29) is 13.2 Å². The molecule has 6 heteroatoms. The van der Waals surface area contributed by atoms with Crippen LogP contribution in [-0.2, 0) is 14.3 Å². The predicted molar refractivity (Wildman–Crippen MR) is 71.3 cm³/mol. The summed E-state index contributed by atoms with van der Waals surface area (Å²) in [5.41, 5.74) is 0. The van der Waals surface area contributed by atoms with Crippen LogP contribution in [0.3, 0.4) is 0 Å². The third-order valence-corrected chi connectivity index (χ3v) is 2.17. The summed E-state index contributed by atoms with van der Waals surface area (Å²) in [6.45, 7) is -0.618. The number of esters is 1. The van der Waals surface area contributed by atoms with E-state index < -0.39 is 18.5 Å². The van der Waals surface area contributed by atoms with Gasteiger partial charge in [-0.15, -0.1) is 6.42 Å². The van der Waals surface area contributed by atoms with Crippen LogP contribution in [0.4, 0.5) is 0 Å². The number of hydrogen-bond donors (Lipinski definition) is 1. The number of methoxy groups -OCH3 is 1. The molecule has 0 radical (unpaired) electrons. The maximum atomic E-state index is 11.4. The summed E-state index contributed by atoms with van der Waals surface area (Å²) in [5, 5.41) is 2.37. The van der Waals surface area contributed by atoms with E-state index in [4.69, 9.17) is 20.6 Å². The number of nitrogens with one attached hydrogen (secondary N) is 1. The molecule has 0 bridgehead atoms. The van der Waals surface area contributed by atoms with Crippen molar-refractivity contribution in [3.05, 3.63) is 24.3 Å². The van der Waals surface area contributed by atoms with Gasteiger partial charge in [0.1, 0.15) is 0 Å². The van der Waals surface area contributed by atoms with E-state index in [1.54, 1.807) is 24.3 Å². The van der Waals surface area contributed by atoms with Crippen LogP contribution in [0.15, 0.2) is 24.3 Å². The van der Waals surface area contributed by atoms with Crippen molar-refractivity contribution in [2.45, 2.75) is 0 Å². The molecule has 1 amide bonds. The standard InChI is InChI=1S/C14H15NO5/c1-3-8-15-13(16)9-20-14(17)10-19-12-7-5-4-6-11(12)18-2/h1,4-7H,8-10H2,2H3,(H,15,16). The summed E-state index contributed by atoms with van der Waals surface area (Å²) in [7, 11) is 1.50. The second-order valence-corrected chi connectivity index (χ2v) is 3.58. The van der Waals surface area contributed by atoms with E-state index in [0.717, 1.165) is 0 Å². The van der Waals surface area contributed by atoms with Gasteiger partial charge in [-0.3, -0.25) is 4.79 Å². The van der Waals surface area contributed by atoms with Gasteiger partial charge in [0.05, 0.1) is 13.7 Å². The van der Waals surface area contributed by atoms with Gasteiger partial charge in [0.25, 0.3) is 5.91 Å². The topological polar surface area (TPSA) is 73.9 Å². The van der Waals surface area contributed by atoms with E-state index in [1.807, 2.05) is 0 Å². The number of terminal acetylenes is 1. The first-order valence-electron chi connectivity index (χ1n) is 5.79. The molecule has 0 heterocycles. The smallest absolute Gasteiger partial charge is 0.344 e. The van der Waals surface area contributed by atoms with E-state index in [9.17, 15) is 9.59 Å². The molecule has 0 saturated heterocycles. The number of hydrogen-bond acceptors (Lipinski definition) is 5. The maximum absolute atomic E-state index is 11.4. The van der Waals surface area contributed by atoms with Gasteiger partial charge >= 0.3 is 5.97 Å². The highest BCUT2D eigenvalue weighted by Crippen LogP contribution is 2.25. The summed E-state index contributed by atoms with van der Waals surface area (Å²) in [4.78, 5) is 22.5. The number of benzene rings is 1. The largest absolute Gasteiger partial charge is 0.493 e. The lowest BCUT2D eigenvalue weighted by atomic mass is 10.3. The molecule has 1 aromatic rings. The zero-order valence-electron chi connectivity index (χ0n) is 11.0. The average molecular weight is 277 g/mol. The number of amides is 1. The van der Waals surface area contributed by atoms with Gasteiger partial charge in [-0.25, -0.2) is 4.79 Å². The highest BCUT2D eigenvalue weighted by molar-refractivity contribution is 5.81. The Morgan fingerprint density at radius 1 is 1.25 bits per heavy atom. The maximum Gasteiger partial charge on any atom is 0.344 e. The molecule has 20 heavy (non-hydrogen) atoms. The van der Waals surface area contributed by atoms with Crippen molar-refractivity contribution in [2.24, 2.45) is 0 Å². The van der Waals surface area contributed by atoms with Gasteiger partial charge in [-0.05, 0) is 12.1 Å². The number of carbonyl (C=O) groups is 2. The van der Waals surface area contributed by atoms with Crippen LogP contribution >= 0.6 is 0 Å². The zero-order chi connectivity index (χ0) is 14.8.